The first kappa shape index (κ1) is 42.4. The fraction of sp³-hybridized carbons (Fsp3) is 0.812. The monoisotopic (exact) mass is 661 g/mol. The Morgan fingerprint density at radius 1 is 0.543 bits per heavy atom. The molecule has 0 aliphatic rings. The number of ether oxygens (including phenoxy) is 4. The Labute approximate surface area is 272 Å². The summed E-state index contributed by atoms with van der Waals surface area (Å²) < 4.78 is 21.9. The van der Waals surface area contributed by atoms with Gasteiger partial charge in [-0.25, -0.2) is 9.59 Å². The number of nitrogens with one attached hydrogen (secondary N) is 2. The molecule has 2 amide bonds. The minimum Gasteiger partial charge on any atom is -0.481 e. The molecule has 0 spiro atoms. The maximum atomic E-state index is 12.7. The van der Waals surface area contributed by atoms with Crippen molar-refractivity contribution in [2.75, 3.05) is 13.1 Å². The van der Waals surface area contributed by atoms with Crippen LogP contribution in [0.5, 0.6) is 0 Å². The normalized spacial score (nSPS) is 15.0. The van der Waals surface area contributed by atoms with Crippen LogP contribution in [-0.2, 0) is 33.3 Å². The largest absolute Gasteiger partial charge is 0.490 e. The third-order valence-corrected chi connectivity index (χ3v) is 8.72. The molecular weight excluding hydrogens is 604 g/mol. The third-order valence-electron chi connectivity index (χ3n) is 8.72. The first-order chi connectivity index (χ1) is 20.8. The van der Waals surface area contributed by atoms with Crippen LogP contribution in [-0.4, -0.2) is 86.6 Å². The molecule has 14 nitrogen and oxygen atoms in total. The molecule has 0 rings (SSSR count). The molecule has 0 saturated heterocycles. The Hall–Kier alpha value is -3.58. The van der Waals surface area contributed by atoms with Gasteiger partial charge in [0.1, 0.15) is 28.6 Å². The van der Waals surface area contributed by atoms with E-state index in [0.717, 1.165) is 12.8 Å². The first-order valence-corrected chi connectivity index (χ1v) is 15.7. The number of unbranched alkanes of at least 4 members (excludes halogenated alkanes) is 3. The maximum absolute atomic E-state index is 12.7. The van der Waals surface area contributed by atoms with E-state index >= 15 is 0 Å². The molecule has 266 valence electrons. The van der Waals surface area contributed by atoms with Crippen LogP contribution in [0.4, 0.5) is 9.59 Å². The van der Waals surface area contributed by atoms with E-state index in [2.05, 4.69) is 10.6 Å². The van der Waals surface area contributed by atoms with Crippen LogP contribution in [0.15, 0.2) is 0 Å². The molecule has 4 unspecified atom stereocenters. The SMILES string of the molecule is CC(C(=O)O)C(C)(C)OC(=O)C(C)C(C)(C)OC(=O)NCCCCCCNC(=O)OC(C)(C)C(C)C(=[OH+])OC(C)(C)C(C)C(=O)O. The van der Waals surface area contributed by atoms with Crippen LogP contribution < -0.4 is 10.6 Å². The second-order valence-electron chi connectivity index (χ2n) is 13.9. The van der Waals surface area contributed by atoms with Gasteiger partial charge in [-0.05, 0) is 82.1 Å². The number of esters is 2. The number of rotatable bonds is 19. The number of carboxylic acids is 2. The van der Waals surface area contributed by atoms with Crippen molar-refractivity contribution >= 4 is 36.1 Å². The fourth-order valence-electron chi connectivity index (χ4n) is 3.77. The van der Waals surface area contributed by atoms with Gasteiger partial charge in [0.05, 0.1) is 11.8 Å². The highest BCUT2D eigenvalue weighted by atomic mass is 16.6. The zero-order chi connectivity index (χ0) is 36.3. The summed E-state index contributed by atoms with van der Waals surface area (Å²) in [5, 5.41) is 23.8. The first-order valence-electron chi connectivity index (χ1n) is 15.7. The summed E-state index contributed by atoms with van der Waals surface area (Å²) in [7, 11) is 0. The van der Waals surface area contributed by atoms with E-state index < -0.39 is 82.1 Å². The van der Waals surface area contributed by atoms with Crippen LogP contribution >= 0.6 is 0 Å². The summed E-state index contributed by atoms with van der Waals surface area (Å²) in [5.74, 6) is -6.71. The van der Waals surface area contributed by atoms with E-state index in [1.165, 1.54) is 27.7 Å². The van der Waals surface area contributed by atoms with E-state index in [9.17, 15) is 39.0 Å². The molecule has 0 aliphatic heterocycles. The highest BCUT2D eigenvalue weighted by Crippen LogP contribution is 2.29. The average molecular weight is 662 g/mol. The number of carboxylic acid groups (broad SMARTS) is 2. The maximum Gasteiger partial charge on any atom is 0.490 e. The molecule has 0 aromatic carbocycles. The van der Waals surface area contributed by atoms with Crippen LogP contribution in [0.25, 0.3) is 0 Å². The molecule has 5 N–H and O–H groups in total. The van der Waals surface area contributed by atoms with Crippen molar-refractivity contribution in [2.24, 2.45) is 23.7 Å². The lowest BCUT2D eigenvalue weighted by Crippen LogP contribution is -2.47. The second-order valence-corrected chi connectivity index (χ2v) is 13.9. The Morgan fingerprint density at radius 2 is 0.870 bits per heavy atom. The molecule has 0 aromatic rings. The summed E-state index contributed by atoms with van der Waals surface area (Å²) in [4.78, 5) is 70.4. The predicted octanol–water partition coefficient (Wildman–Crippen LogP) is 4.89. The van der Waals surface area contributed by atoms with E-state index in [1.54, 1.807) is 55.4 Å². The fourth-order valence-corrected chi connectivity index (χ4v) is 3.77. The smallest absolute Gasteiger partial charge is 0.481 e. The Kier molecular flexibility index (Phi) is 16.0. The van der Waals surface area contributed by atoms with Gasteiger partial charge in [0.25, 0.3) is 0 Å². The number of aliphatic carboxylic acids is 2. The third kappa shape index (κ3) is 13.8. The van der Waals surface area contributed by atoms with Crippen molar-refractivity contribution in [2.45, 2.75) is 131 Å². The van der Waals surface area contributed by atoms with Crippen molar-refractivity contribution in [1.29, 1.82) is 0 Å². The van der Waals surface area contributed by atoms with Crippen LogP contribution in [0.3, 0.4) is 0 Å². The number of alkyl carbamates (subject to hydrolysis) is 2. The summed E-state index contributed by atoms with van der Waals surface area (Å²) in [6.45, 7) is 19.3. The lowest BCUT2D eigenvalue weighted by atomic mass is 9.90. The predicted molar refractivity (Wildman–Crippen MR) is 170 cm³/mol. The van der Waals surface area contributed by atoms with Crippen LogP contribution in [0.1, 0.15) is 109 Å². The minimum absolute atomic E-state index is 0.336. The Morgan fingerprint density at radius 3 is 1.24 bits per heavy atom. The van der Waals surface area contributed by atoms with Gasteiger partial charge in [-0.1, -0.05) is 12.8 Å². The molecule has 0 aliphatic carbocycles. The minimum atomic E-state index is -1.25. The van der Waals surface area contributed by atoms with Crippen molar-refractivity contribution in [3.8, 4) is 0 Å². The number of carbonyl (C=O) groups excluding carboxylic acids is 4. The molecule has 0 saturated carbocycles. The highest BCUT2D eigenvalue weighted by molar-refractivity contribution is 5.78. The van der Waals surface area contributed by atoms with Gasteiger partial charge in [0.2, 0.25) is 5.60 Å². The lowest BCUT2D eigenvalue weighted by molar-refractivity contribution is -0.177. The number of carbonyl (C=O) groups is 5. The molecule has 0 fully saturated rings. The van der Waals surface area contributed by atoms with Crippen LogP contribution in [0.2, 0.25) is 0 Å². The summed E-state index contributed by atoms with van der Waals surface area (Å²) in [6.07, 6.45) is 1.45. The van der Waals surface area contributed by atoms with Gasteiger partial charge in [-0.15, -0.1) is 0 Å². The highest BCUT2D eigenvalue weighted by Gasteiger charge is 2.47. The topological polar surface area (TPSA) is 208 Å². The van der Waals surface area contributed by atoms with Gasteiger partial charge >= 0.3 is 36.1 Å². The molecule has 14 heteroatoms. The molecule has 0 bridgehead atoms. The Balaban J connectivity index is 4.46. The number of hydrogen-bond acceptors (Lipinski definition) is 9. The zero-order valence-electron chi connectivity index (χ0n) is 29.6. The zero-order valence-corrected chi connectivity index (χ0v) is 29.6. The molecule has 0 heterocycles. The van der Waals surface area contributed by atoms with Crippen molar-refractivity contribution in [1.82, 2.24) is 10.6 Å². The second kappa shape index (κ2) is 17.4. The summed E-state index contributed by atoms with van der Waals surface area (Å²) in [6, 6.07) is 0. The van der Waals surface area contributed by atoms with Gasteiger partial charge in [-0.3, -0.25) is 14.4 Å². The molecular formula is C32H57N2O12+. The molecule has 0 aromatic heterocycles. The van der Waals surface area contributed by atoms with Crippen molar-refractivity contribution in [3.05, 3.63) is 0 Å². The van der Waals surface area contributed by atoms with Gasteiger partial charge in [0, 0.05) is 26.9 Å². The lowest BCUT2D eigenvalue weighted by Gasteiger charge is -2.34. The quantitative estimate of drug-likeness (QED) is 0.0634. The molecule has 46 heavy (non-hydrogen) atoms. The van der Waals surface area contributed by atoms with E-state index in [0.29, 0.717) is 25.9 Å². The average Bonchev–Trinajstić information content (AvgIpc) is 2.91. The van der Waals surface area contributed by atoms with Crippen LogP contribution in [0, 0.1) is 23.7 Å². The van der Waals surface area contributed by atoms with E-state index in [4.69, 9.17) is 18.9 Å². The van der Waals surface area contributed by atoms with Gasteiger partial charge in [0.15, 0.2) is 0 Å². The van der Waals surface area contributed by atoms with Crippen molar-refractivity contribution < 1.29 is 57.9 Å². The molecule has 0 radical (unpaired) electrons. The van der Waals surface area contributed by atoms with Gasteiger partial charge < -0.3 is 44.6 Å². The van der Waals surface area contributed by atoms with E-state index in [-0.39, 0.29) is 0 Å². The Bertz CT molecular complexity index is 999. The number of amides is 2. The number of hydrogen-bond donors (Lipinski definition) is 4. The summed E-state index contributed by atoms with van der Waals surface area (Å²) >= 11 is 0. The summed E-state index contributed by atoms with van der Waals surface area (Å²) in [5.41, 5.74) is -4.80. The van der Waals surface area contributed by atoms with E-state index in [1.807, 2.05) is 0 Å². The molecule has 4 atom stereocenters. The van der Waals surface area contributed by atoms with Crippen molar-refractivity contribution in [3.63, 3.8) is 0 Å². The van der Waals surface area contributed by atoms with Gasteiger partial charge in [-0.2, -0.15) is 0 Å². The standard InChI is InChI=1S/C32H56N2O12/c1-19(23(35)36)29(5,6)43-25(39)21(3)31(9,10)45-27(41)33-17-15-13-14-16-18-34-28(42)46-32(11,12)22(4)26(40)44-30(7,8)20(2)24(37)38/h19-22H,13-18H2,1-12H3,(H,33,41)(H,34,42)(H,35,36)(H,37,38)/p+1.